The molecule has 0 saturated carbocycles. The number of aromatic nitrogens is 1. The quantitative estimate of drug-likeness (QED) is 0.536. The molecule has 1 heterocycles. The minimum Gasteiger partial charge on any atom is -0.378 e. The topological polar surface area (TPSA) is 97.3 Å². The Morgan fingerprint density at radius 3 is 2.71 bits per heavy atom. The first-order valence-electron chi connectivity index (χ1n) is 7.37. The Kier molecular flexibility index (Phi) is 6.87. The predicted molar refractivity (Wildman–Crippen MR) is 85.4 cm³/mol. The van der Waals surface area contributed by atoms with E-state index >= 15 is 0 Å². The van der Waals surface area contributed by atoms with E-state index in [2.05, 4.69) is 29.0 Å². The Labute approximate surface area is 125 Å². The molecule has 0 spiro atoms. The van der Waals surface area contributed by atoms with Gasteiger partial charge in [0.15, 0.2) is 0 Å². The maximum atomic E-state index is 11.0. The Hall–Kier alpha value is -1.89. The van der Waals surface area contributed by atoms with Crippen molar-refractivity contribution in [2.24, 2.45) is 0 Å². The smallest absolute Gasteiger partial charge is 0.333 e. The Bertz CT molecular complexity index is 463. The zero-order valence-electron chi connectivity index (χ0n) is 13.0. The Morgan fingerprint density at radius 2 is 2.14 bits per heavy atom. The van der Waals surface area contributed by atoms with Crippen LogP contribution in [-0.4, -0.2) is 40.5 Å². The lowest BCUT2D eigenvalue weighted by Gasteiger charge is -2.20. The molecule has 0 fully saturated rings. The van der Waals surface area contributed by atoms with Gasteiger partial charge >= 0.3 is 5.69 Å². The van der Waals surface area contributed by atoms with E-state index in [1.165, 1.54) is 6.20 Å². The van der Waals surface area contributed by atoms with Gasteiger partial charge in [0.25, 0.3) is 0 Å². The first kappa shape index (κ1) is 17.2. The van der Waals surface area contributed by atoms with Crippen molar-refractivity contribution in [2.75, 3.05) is 30.7 Å². The van der Waals surface area contributed by atoms with Crippen LogP contribution >= 0.6 is 0 Å². The van der Waals surface area contributed by atoms with Gasteiger partial charge < -0.3 is 16.0 Å². The van der Waals surface area contributed by atoms with Gasteiger partial charge in [-0.1, -0.05) is 13.8 Å². The molecule has 0 amide bonds. The van der Waals surface area contributed by atoms with Gasteiger partial charge in [0.05, 0.1) is 4.92 Å². The number of hydrogen-bond acceptors (Lipinski definition) is 6. The highest BCUT2D eigenvalue weighted by Gasteiger charge is 2.20. The van der Waals surface area contributed by atoms with Crippen LogP contribution in [0.4, 0.5) is 17.2 Å². The van der Waals surface area contributed by atoms with Crippen LogP contribution in [0.2, 0.25) is 0 Å². The summed E-state index contributed by atoms with van der Waals surface area (Å²) in [6.07, 6.45) is 3.47. The van der Waals surface area contributed by atoms with E-state index < -0.39 is 4.92 Å². The SMILES string of the molecule is CCN(CC)CCC[C@@H](C)Nc1ccnc(N)c1[N+](=O)[O-]. The second-order valence-corrected chi connectivity index (χ2v) is 5.06. The minimum atomic E-state index is -0.493. The number of anilines is 2. The molecule has 0 aliphatic carbocycles. The van der Waals surface area contributed by atoms with E-state index in [1.807, 2.05) is 6.92 Å². The van der Waals surface area contributed by atoms with Crippen LogP contribution in [0.25, 0.3) is 0 Å². The highest BCUT2D eigenvalue weighted by molar-refractivity contribution is 5.71. The molecule has 7 nitrogen and oxygen atoms in total. The molecular weight excluding hydrogens is 270 g/mol. The van der Waals surface area contributed by atoms with Crippen molar-refractivity contribution in [1.29, 1.82) is 0 Å². The highest BCUT2D eigenvalue weighted by atomic mass is 16.6. The molecule has 0 aliphatic rings. The molecule has 7 heteroatoms. The molecule has 1 aromatic heterocycles. The summed E-state index contributed by atoms with van der Waals surface area (Å²) in [6, 6.07) is 1.73. The summed E-state index contributed by atoms with van der Waals surface area (Å²) in [5.74, 6) is -0.0552. The first-order chi connectivity index (χ1) is 9.99. The lowest BCUT2D eigenvalue weighted by Crippen LogP contribution is -2.25. The van der Waals surface area contributed by atoms with Gasteiger partial charge in [-0.3, -0.25) is 10.1 Å². The molecule has 1 atom stereocenters. The highest BCUT2D eigenvalue weighted by Crippen LogP contribution is 2.29. The number of nitrogens with zero attached hydrogens (tertiary/aromatic N) is 3. The predicted octanol–water partition coefficient (Wildman–Crippen LogP) is 2.49. The Morgan fingerprint density at radius 1 is 1.48 bits per heavy atom. The largest absolute Gasteiger partial charge is 0.378 e. The average molecular weight is 295 g/mol. The second kappa shape index (κ2) is 8.41. The van der Waals surface area contributed by atoms with Gasteiger partial charge in [-0.2, -0.15) is 0 Å². The molecule has 1 rings (SSSR count). The van der Waals surface area contributed by atoms with Crippen LogP contribution in [0.5, 0.6) is 0 Å². The molecule has 0 bridgehead atoms. The summed E-state index contributed by atoms with van der Waals surface area (Å²) in [4.78, 5) is 16.7. The number of nitrogen functional groups attached to an aromatic ring is 1. The van der Waals surface area contributed by atoms with Crippen LogP contribution in [0, 0.1) is 10.1 Å². The molecule has 0 saturated heterocycles. The third-order valence-corrected chi connectivity index (χ3v) is 3.54. The van der Waals surface area contributed by atoms with Crippen LogP contribution in [0.1, 0.15) is 33.6 Å². The zero-order chi connectivity index (χ0) is 15.8. The van der Waals surface area contributed by atoms with E-state index in [1.54, 1.807) is 6.07 Å². The molecular formula is C14H25N5O2. The van der Waals surface area contributed by atoms with Gasteiger partial charge in [-0.25, -0.2) is 4.98 Å². The van der Waals surface area contributed by atoms with Crippen LogP contribution < -0.4 is 11.1 Å². The molecule has 3 N–H and O–H groups in total. The van der Waals surface area contributed by atoms with Crippen LogP contribution in [-0.2, 0) is 0 Å². The maximum absolute atomic E-state index is 11.0. The average Bonchev–Trinajstić information content (AvgIpc) is 2.43. The summed E-state index contributed by atoms with van der Waals surface area (Å²) in [7, 11) is 0. The lowest BCUT2D eigenvalue weighted by atomic mass is 10.1. The molecule has 1 aromatic rings. The standard InChI is InChI=1S/C14H25N5O2/c1-4-18(5-2)10-6-7-11(3)17-12-8-9-16-14(15)13(12)19(20)21/h8-9,11H,4-7,10H2,1-3H3,(H3,15,16,17)/t11-/m1/s1. The summed E-state index contributed by atoms with van der Waals surface area (Å²) >= 11 is 0. The van der Waals surface area contributed by atoms with Crippen molar-refractivity contribution in [2.45, 2.75) is 39.7 Å². The number of pyridine rings is 1. The van der Waals surface area contributed by atoms with E-state index in [9.17, 15) is 10.1 Å². The minimum absolute atomic E-state index is 0.0552. The molecule has 0 aliphatic heterocycles. The summed E-state index contributed by atoms with van der Waals surface area (Å²) in [6.45, 7) is 9.44. The summed E-state index contributed by atoms with van der Waals surface area (Å²) < 4.78 is 0. The van der Waals surface area contributed by atoms with Gasteiger partial charge in [0, 0.05) is 12.2 Å². The first-order valence-corrected chi connectivity index (χ1v) is 7.37. The van der Waals surface area contributed by atoms with E-state index in [0.717, 1.165) is 32.5 Å². The van der Waals surface area contributed by atoms with Crippen molar-refractivity contribution in [3.63, 3.8) is 0 Å². The molecule has 0 unspecified atom stereocenters. The van der Waals surface area contributed by atoms with Crippen molar-refractivity contribution in [3.05, 3.63) is 22.4 Å². The van der Waals surface area contributed by atoms with Gasteiger partial charge in [0.2, 0.25) is 5.82 Å². The van der Waals surface area contributed by atoms with Crippen molar-refractivity contribution >= 4 is 17.2 Å². The monoisotopic (exact) mass is 295 g/mol. The third kappa shape index (κ3) is 5.18. The van der Waals surface area contributed by atoms with Crippen molar-refractivity contribution in [1.82, 2.24) is 9.88 Å². The number of nitro groups is 1. The van der Waals surface area contributed by atoms with E-state index in [0.29, 0.717) is 5.69 Å². The fourth-order valence-corrected chi connectivity index (χ4v) is 2.28. The molecule has 0 radical (unpaired) electrons. The van der Waals surface area contributed by atoms with E-state index in [4.69, 9.17) is 5.73 Å². The fraction of sp³-hybridized carbons (Fsp3) is 0.643. The lowest BCUT2D eigenvalue weighted by molar-refractivity contribution is -0.383. The normalized spacial score (nSPS) is 12.4. The number of rotatable bonds is 9. The van der Waals surface area contributed by atoms with Crippen LogP contribution in [0.3, 0.4) is 0 Å². The number of nitrogens with two attached hydrogens (primary N) is 1. The van der Waals surface area contributed by atoms with Crippen LogP contribution in [0.15, 0.2) is 12.3 Å². The molecule has 118 valence electrons. The van der Waals surface area contributed by atoms with Crippen molar-refractivity contribution in [3.8, 4) is 0 Å². The zero-order valence-corrected chi connectivity index (χ0v) is 13.0. The third-order valence-electron chi connectivity index (χ3n) is 3.54. The summed E-state index contributed by atoms with van der Waals surface area (Å²) in [5.41, 5.74) is 5.86. The fourth-order valence-electron chi connectivity index (χ4n) is 2.28. The van der Waals surface area contributed by atoms with Gasteiger partial charge in [-0.05, 0) is 45.5 Å². The van der Waals surface area contributed by atoms with E-state index in [-0.39, 0.29) is 17.5 Å². The summed E-state index contributed by atoms with van der Waals surface area (Å²) in [5, 5.41) is 14.2. The maximum Gasteiger partial charge on any atom is 0.333 e. The molecule has 21 heavy (non-hydrogen) atoms. The number of nitrogens with one attached hydrogen (secondary N) is 1. The van der Waals surface area contributed by atoms with Gasteiger partial charge in [-0.15, -0.1) is 0 Å². The van der Waals surface area contributed by atoms with Gasteiger partial charge in [0.1, 0.15) is 5.69 Å². The number of hydrogen-bond donors (Lipinski definition) is 2. The second-order valence-electron chi connectivity index (χ2n) is 5.06. The van der Waals surface area contributed by atoms with Crippen molar-refractivity contribution < 1.29 is 4.92 Å². The molecule has 0 aromatic carbocycles. The Balaban J connectivity index is 2.57.